The smallest absolute Gasteiger partial charge is 0.462 e. The third kappa shape index (κ3) is 6.23. The van der Waals surface area contributed by atoms with Crippen LogP contribution in [0, 0.1) is 0 Å². The van der Waals surface area contributed by atoms with Crippen molar-refractivity contribution in [2.45, 2.75) is 63.9 Å². The van der Waals surface area contributed by atoms with Crippen LogP contribution in [0.2, 0.25) is 0 Å². The third-order valence-corrected chi connectivity index (χ3v) is 6.45. The molecule has 1 aromatic heterocycles. The maximum absolute atomic E-state index is 15.4. The van der Waals surface area contributed by atoms with Gasteiger partial charge in [-0.05, 0) is 39.8 Å². The number of hydrogen-bond donors (Lipinski definition) is 2. The summed E-state index contributed by atoms with van der Waals surface area (Å²) >= 11 is 0. The van der Waals surface area contributed by atoms with E-state index in [1.807, 2.05) is 4.98 Å². The Hall–Kier alpha value is -2.96. The summed E-state index contributed by atoms with van der Waals surface area (Å²) in [5.41, 5.74) is -4.09. The number of ether oxygens (including phenoxy) is 2. The number of hydroxylamine groups is 1. The second kappa shape index (κ2) is 11.4. The van der Waals surface area contributed by atoms with Gasteiger partial charge in [-0.15, -0.1) is 0 Å². The molecule has 12 nitrogen and oxygen atoms in total. The molecule has 0 radical (unpaired) electrons. The molecule has 196 valence electrons. The molecular formula is C22H28FN3O9P+. The van der Waals surface area contributed by atoms with Gasteiger partial charge < -0.3 is 14.6 Å². The van der Waals surface area contributed by atoms with Crippen LogP contribution in [-0.4, -0.2) is 62.1 Å². The van der Waals surface area contributed by atoms with Gasteiger partial charge >= 0.3 is 19.8 Å². The summed E-state index contributed by atoms with van der Waals surface area (Å²) in [7, 11) is -2.80. The molecule has 14 heteroatoms. The average molecular weight is 528 g/mol. The summed E-state index contributed by atoms with van der Waals surface area (Å²) in [6.45, 7) is 5.12. The van der Waals surface area contributed by atoms with Crippen molar-refractivity contribution < 1.29 is 37.7 Å². The monoisotopic (exact) mass is 528 g/mol. The van der Waals surface area contributed by atoms with E-state index in [1.165, 1.54) is 6.92 Å². The molecule has 0 amide bonds. The van der Waals surface area contributed by atoms with Gasteiger partial charge in [0.2, 0.25) is 0 Å². The first kappa shape index (κ1) is 27.6. The van der Waals surface area contributed by atoms with E-state index in [9.17, 15) is 24.1 Å². The Kier molecular flexibility index (Phi) is 8.75. The fourth-order valence-corrected chi connectivity index (χ4v) is 4.37. The van der Waals surface area contributed by atoms with Crippen molar-refractivity contribution in [2.24, 2.45) is 0 Å². The summed E-state index contributed by atoms with van der Waals surface area (Å²) in [5, 5.41) is 10.6. The normalized spacial score (nSPS) is 25.1. The SMILES string of the molecule is CC(C)OC(=O)[C@@H](C)N(OC[C@H]1O[C@@H](n2ccc(=O)[nH]c2=O)[C@](C)(F)[C@@H]1O)[P+](=O)Oc1ccccc1. The van der Waals surface area contributed by atoms with E-state index < -0.39 is 68.3 Å². The van der Waals surface area contributed by atoms with Crippen LogP contribution < -0.4 is 15.8 Å². The van der Waals surface area contributed by atoms with Gasteiger partial charge in [0.05, 0.1) is 10.9 Å². The molecule has 1 unspecified atom stereocenters. The van der Waals surface area contributed by atoms with Gasteiger partial charge in [0, 0.05) is 16.8 Å². The molecule has 36 heavy (non-hydrogen) atoms. The number of hydrogen-bond acceptors (Lipinski definition) is 9. The number of aromatic amines is 1. The molecule has 6 atom stereocenters. The fourth-order valence-electron chi connectivity index (χ4n) is 3.45. The highest BCUT2D eigenvalue weighted by molar-refractivity contribution is 7.36. The first-order valence-electron chi connectivity index (χ1n) is 11.1. The second-order valence-electron chi connectivity index (χ2n) is 8.54. The van der Waals surface area contributed by atoms with Gasteiger partial charge in [0.25, 0.3) is 5.56 Å². The molecule has 1 fully saturated rings. The molecule has 2 N–H and O–H groups in total. The van der Waals surface area contributed by atoms with E-state index >= 15 is 4.39 Å². The molecule has 1 aliphatic heterocycles. The van der Waals surface area contributed by atoms with Crippen LogP contribution in [0.3, 0.4) is 0 Å². The van der Waals surface area contributed by atoms with Crippen molar-refractivity contribution in [1.29, 1.82) is 0 Å². The van der Waals surface area contributed by atoms with Gasteiger partial charge in [0.15, 0.2) is 23.7 Å². The molecule has 2 aromatic rings. The largest absolute Gasteiger partial charge is 0.693 e. The highest BCUT2D eigenvalue weighted by atomic mass is 31.1. The Morgan fingerprint density at radius 1 is 1.28 bits per heavy atom. The number of esters is 1. The number of halogens is 1. The Labute approximate surface area is 206 Å². The number of rotatable bonds is 10. The lowest BCUT2D eigenvalue weighted by Crippen LogP contribution is -2.44. The molecule has 1 aliphatic rings. The Morgan fingerprint density at radius 2 is 1.94 bits per heavy atom. The lowest BCUT2D eigenvalue weighted by molar-refractivity contribution is -0.183. The molecule has 0 spiro atoms. The van der Waals surface area contributed by atoms with E-state index in [0.29, 0.717) is 0 Å². The summed E-state index contributed by atoms with van der Waals surface area (Å²) in [6, 6.07) is 7.93. The summed E-state index contributed by atoms with van der Waals surface area (Å²) in [5.74, 6) is -0.520. The fraction of sp³-hybridized carbons (Fsp3) is 0.500. The number of nitrogens with zero attached hydrogens (tertiary/aromatic N) is 2. The standard InChI is InChI=1S/C22H27FN3O9P/c1-13(2)33-19(29)14(3)26(36(31)35-15-8-6-5-7-9-15)32-12-16-18(28)22(4,23)20(34-16)25-11-10-17(27)24-21(25)30/h5-11,13-14,16,18,20,28H,12H2,1-4H3/p+1/t14-,16-,18-,20-,22-/m1/s1. The van der Waals surface area contributed by atoms with Crippen molar-refractivity contribution in [3.8, 4) is 5.75 Å². The van der Waals surface area contributed by atoms with E-state index in [-0.39, 0.29) is 5.75 Å². The minimum atomic E-state index is -2.80. The van der Waals surface area contributed by atoms with Crippen molar-refractivity contribution in [2.75, 3.05) is 6.61 Å². The number of carbonyl (C=O) groups is 1. The zero-order valence-electron chi connectivity index (χ0n) is 20.1. The Balaban J connectivity index is 1.79. The number of carbonyl (C=O) groups excluding carboxylic acids is 1. The summed E-state index contributed by atoms with van der Waals surface area (Å²) in [6.07, 6.45) is -4.15. The van der Waals surface area contributed by atoms with Gasteiger partial charge in [0.1, 0.15) is 18.8 Å². The van der Waals surface area contributed by atoms with Crippen LogP contribution in [0.15, 0.2) is 52.2 Å². The molecule has 0 aliphatic carbocycles. The van der Waals surface area contributed by atoms with Crippen molar-refractivity contribution >= 4 is 14.1 Å². The molecule has 1 aromatic carbocycles. The number of aliphatic hydroxyl groups excluding tert-OH is 1. The molecule has 0 saturated carbocycles. The molecule has 0 bridgehead atoms. The van der Waals surface area contributed by atoms with Crippen LogP contribution in [0.1, 0.15) is 33.9 Å². The lowest BCUT2D eigenvalue weighted by Gasteiger charge is -2.24. The molecular weight excluding hydrogens is 500 g/mol. The van der Waals surface area contributed by atoms with Crippen molar-refractivity contribution in [3.63, 3.8) is 0 Å². The van der Waals surface area contributed by atoms with Crippen LogP contribution >= 0.6 is 8.18 Å². The van der Waals surface area contributed by atoms with Gasteiger partial charge in [-0.3, -0.25) is 24.0 Å². The minimum absolute atomic E-state index is 0.239. The molecule has 2 heterocycles. The molecule has 3 rings (SSSR count). The second-order valence-corrected chi connectivity index (χ2v) is 9.59. The van der Waals surface area contributed by atoms with E-state index in [2.05, 4.69) is 0 Å². The van der Waals surface area contributed by atoms with Gasteiger partial charge in [-0.25, -0.2) is 13.7 Å². The number of para-hydroxylation sites is 1. The van der Waals surface area contributed by atoms with Crippen molar-refractivity contribution in [1.82, 2.24) is 14.4 Å². The number of aliphatic hydroxyl groups is 1. The van der Waals surface area contributed by atoms with Crippen LogP contribution in [0.5, 0.6) is 5.75 Å². The highest BCUT2D eigenvalue weighted by Gasteiger charge is 2.56. The first-order chi connectivity index (χ1) is 16.9. The quantitative estimate of drug-likeness (QED) is 0.266. The third-order valence-electron chi connectivity index (χ3n) is 5.30. The van der Waals surface area contributed by atoms with Crippen LogP contribution in [0.25, 0.3) is 0 Å². The predicted octanol–water partition coefficient (Wildman–Crippen LogP) is 1.83. The number of H-pyrrole nitrogens is 1. The van der Waals surface area contributed by atoms with E-state index in [0.717, 1.165) is 28.6 Å². The van der Waals surface area contributed by atoms with E-state index in [1.54, 1.807) is 44.2 Å². The average Bonchev–Trinajstić information content (AvgIpc) is 3.03. The minimum Gasteiger partial charge on any atom is -0.462 e. The number of aromatic nitrogens is 2. The number of nitrogens with one attached hydrogen (secondary N) is 1. The lowest BCUT2D eigenvalue weighted by atomic mass is 9.98. The van der Waals surface area contributed by atoms with Crippen LogP contribution in [-0.2, 0) is 23.7 Å². The first-order valence-corrected chi connectivity index (χ1v) is 12.2. The highest BCUT2D eigenvalue weighted by Crippen LogP contribution is 2.41. The zero-order valence-corrected chi connectivity index (χ0v) is 21.0. The Morgan fingerprint density at radius 3 is 2.56 bits per heavy atom. The van der Waals surface area contributed by atoms with Crippen LogP contribution in [0.4, 0.5) is 4.39 Å². The summed E-state index contributed by atoms with van der Waals surface area (Å²) in [4.78, 5) is 44.3. The summed E-state index contributed by atoms with van der Waals surface area (Å²) < 4.78 is 45.3. The Bertz CT molecular complexity index is 1190. The number of alkyl halides is 1. The topological polar surface area (TPSA) is 149 Å². The predicted molar refractivity (Wildman–Crippen MR) is 124 cm³/mol. The van der Waals surface area contributed by atoms with E-state index in [4.69, 9.17) is 18.8 Å². The van der Waals surface area contributed by atoms with Gasteiger partial charge in [-0.2, -0.15) is 0 Å². The van der Waals surface area contributed by atoms with Gasteiger partial charge in [-0.1, -0.05) is 18.2 Å². The maximum Gasteiger partial charge on any atom is 0.693 e. The van der Waals surface area contributed by atoms with Crippen molar-refractivity contribution in [3.05, 3.63) is 63.4 Å². The zero-order chi connectivity index (χ0) is 26.6. The molecule has 1 saturated heterocycles. The maximum atomic E-state index is 15.4. The number of benzene rings is 1.